The predicted molar refractivity (Wildman–Crippen MR) is 102 cm³/mol. The number of amides is 3. The zero-order valence-corrected chi connectivity index (χ0v) is 16.2. The van der Waals surface area contributed by atoms with Crippen molar-refractivity contribution >= 4 is 23.4 Å². The van der Waals surface area contributed by atoms with E-state index in [1.807, 2.05) is 4.90 Å². The average Bonchev–Trinajstić information content (AvgIpc) is 2.76. The lowest BCUT2D eigenvalue weighted by Crippen LogP contribution is -2.46. The Hall–Kier alpha value is -2.37. The van der Waals surface area contributed by atoms with Gasteiger partial charge in [-0.05, 0) is 42.2 Å². The summed E-state index contributed by atoms with van der Waals surface area (Å²) >= 11 is 0. The summed E-state index contributed by atoms with van der Waals surface area (Å²) in [6, 6.07) is 6.27. The number of carbonyl (C=O) groups is 3. The van der Waals surface area contributed by atoms with Gasteiger partial charge in [-0.1, -0.05) is 32.9 Å². The Kier molecular flexibility index (Phi) is 4.05. The van der Waals surface area contributed by atoms with Crippen LogP contribution in [0.2, 0.25) is 0 Å². The first-order chi connectivity index (χ1) is 12.7. The number of carbonyl (C=O) groups excluding carboxylic acids is 3. The van der Waals surface area contributed by atoms with Crippen molar-refractivity contribution in [1.29, 1.82) is 0 Å². The molecule has 2 heterocycles. The third-order valence-corrected chi connectivity index (χ3v) is 6.17. The number of rotatable bonds is 2. The molecule has 0 spiro atoms. The van der Waals surface area contributed by atoms with Crippen LogP contribution >= 0.6 is 0 Å². The number of likely N-dealkylation sites (tertiary alicyclic amines) is 1. The number of fused-ring (bicyclic) bond motifs is 3. The molecule has 4 rings (SSSR count). The number of nitrogens with zero attached hydrogens (tertiary/aromatic N) is 1. The molecule has 2 unspecified atom stereocenters. The quantitative estimate of drug-likeness (QED) is 0.841. The molecule has 1 aromatic carbocycles. The van der Waals surface area contributed by atoms with Crippen LogP contribution in [-0.4, -0.2) is 41.2 Å². The fraction of sp³-hybridized carbons (Fsp3) is 0.571. The zero-order chi connectivity index (χ0) is 19.4. The minimum Gasteiger partial charge on any atom is -0.340 e. The Morgan fingerprint density at radius 1 is 1.19 bits per heavy atom. The standard InChI is InChI=1S/C21H27N3O3/c1-20(2)9-13-10-21(3,11-20)12-24(13)17(25)8-16-19(27)22-15-7-5-4-6-14(15)18(26)23-16/h4-7,13,16H,8-12H2,1-3H3,(H,22,27)(H,23,26)/t13?,16-,21?/m1/s1. The van der Waals surface area contributed by atoms with Gasteiger partial charge >= 0.3 is 0 Å². The van der Waals surface area contributed by atoms with Crippen LogP contribution in [0.4, 0.5) is 5.69 Å². The molecular weight excluding hydrogens is 342 g/mol. The van der Waals surface area contributed by atoms with Crippen LogP contribution in [0.1, 0.15) is 56.8 Å². The average molecular weight is 369 g/mol. The lowest BCUT2D eigenvalue weighted by atomic mass is 9.65. The lowest BCUT2D eigenvalue weighted by molar-refractivity contribution is -0.134. The SMILES string of the molecule is CC1(C)CC2CC(C)(CN2C(=O)C[C@H]2NC(=O)c3ccccc3NC2=O)C1. The van der Waals surface area contributed by atoms with Gasteiger partial charge in [0, 0.05) is 12.6 Å². The fourth-order valence-corrected chi connectivity index (χ4v) is 5.50. The van der Waals surface area contributed by atoms with Crippen LogP contribution < -0.4 is 10.6 Å². The Balaban J connectivity index is 1.49. The molecule has 27 heavy (non-hydrogen) atoms. The van der Waals surface area contributed by atoms with E-state index in [4.69, 9.17) is 0 Å². The number of nitrogens with one attached hydrogen (secondary N) is 2. The van der Waals surface area contributed by atoms with Crippen molar-refractivity contribution in [3.8, 4) is 0 Å². The van der Waals surface area contributed by atoms with Crippen molar-refractivity contribution in [3.63, 3.8) is 0 Å². The second kappa shape index (κ2) is 6.08. The molecule has 2 fully saturated rings. The molecule has 144 valence electrons. The van der Waals surface area contributed by atoms with Crippen LogP contribution in [0.3, 0.4) is 0 Å². The van der Waals surface area contributed by atoms with Crippen LogP contribution in [0.15, 0.2) is 24.3 Å². The molecule has 3 atom stereocenters. The first kappa shape index (κ1) is 18.0. The highest BCUT2D eigenvalue weighted by Crippen LogP contribution is 2.52. The van der Waals surface area contributed by atoms with E-state index in [1.54, 1.807) is 24.3 Å². The largest absolute Gasteiger partial charge is 0.340 e. The second-order valence-corrected chi connectivity index (χ2v) is 9.50. The van der Waals surface area contributed by atoms with Gasteiger partial charge in [0.05, 0.1) is 17.7 Å². The van der Waals surface area contributed by atoms with E-state index in [-0.39, 0.29) is 41.0 Å². The summed E-state index contributed by atoms with van der Waals surface area (Å²) in [6.07, 6.45) is 3.12. The maximum atomic E-state index is 13.0. The molecule has 3 amide bonds. The normalized spacial score (nSPS) is 31.6. The third-order valence-electron chi connectivity index (χ3n) is 6.17. The van der Waals surface area contributed by atoms with Gasteiger partial charge in [0.2, 0.25) is 11.8 Å². The molecule has 2 N–H and O–H groups in total. The van der Waals surface area contributed by atoms with Crippen molar-refractivity contribution in [2.75, 3.05) is 11.9 Å². The van der Waals surface area contributed by atoms with E-state index < -0.39 is 6.04 Å². The molecule has 2 aliphatic heterocycles. The summed E-state index contributed by atoms with van der Waals surface area (Å²) in [4.78, 5) is 40.0. The number of hydrogen-bond donors (Lipinski definition) is 2. The lowest BCUT2D eigenvalue weighted by Gasteiger charge is -2.39. The van der Waals surface area contributed by atoms with Gasteiger partial charge in [-0.15, -0.1) is 0 Å². The molecule has 3 aliphatic rings. The third kappa shape index (κ3) is 3.33. The number of benzene rings is 1. The van der Waals surface area contributed by atoms with Gasteiger partial charge in [0.25, 0.3) is 5.91 Å². The molecule has 1 saturated heterocycles. The molecule has 1 aliphatic carbocycles. The van der Waals surface area contributed by atoms with E-state index >= 15 is 0 Å². The maximum Gasteiger partial charge on any atom is 0.254 e. The van der Waals surface area contributed by atoms with Crippen LogP contribution in [0.25, 0.3) is 0 Å². The Morgan fingerprint density at radius 3 is 2.70 bits per heavy atom. The van der Waals surface area contributed by atoms with E-state index in [0.717, 1.165) is 25.8 Å². The minimum atomic E-state index is -0.848. The molecule has 0 aromatic heterocycles. The molecule has 6 heteroatoms. The van der Waals surface area contributed by atoms with Crippen LogP contribution in [0, 0.1) is 10.8 Å². The first-order valence-electron chi connectivity index (χ1n) is 9.66. The van der Waals surface area contributed by atoms with Gasteiger partial charge in [-0.25, -0.2) is 0 Å². The summed E-state index contributed by atoms with van der Waals surface area (Å²) in [5.74, 6) is -0.710. The van der Waals surface area contributed by atoms with Gasteiger partial charge in [0.15, 0.2) is 0 Å². The topological polar surface area (TPSA) is 78.5 Å². The van der Waals surface area contributed by atoms with Crippen molar-refractivity contribution in [2.24, 2.45) is 10.8 Å². The summed E-state index contributed by atoms with van der Waals surface area (Å²) in [5.41, 5.74) is 1.28. The summed E-state index contributed by atoms with van der Waals surface area (Å²) in [5, 5.41) is 5.50. The van der Waals surface area contributed by atoms with Gasteiger partial charge in [0.1, 0.15) is 6.04 Å². The Labute approximate surface area is 159 Å². The highest BCUT2D eigenvalue weighted by molar-refractivity contribution is 6.10. The highest BCUT2D eigenvalue weighted by atomic mass is 16.2. The Bertz CT molecular complexity index is 819. The molecule has 1 aromatic rings. The van der Waals surface area contributed by atoms with Crippen molar-refractivity contribution in [2.45, 2.75) is 58.5 Å². The van der Waals surface area contributed by atoms with Crippen LogP contribution in [0.5, 0.6) is 0 Å². The summed E-state index contributed by atoms with van der Waals surface area (Å²) < 4.78 is 0. The molecular formula is C21H27N3O3. The van der Waals surface area contributed by atoms with Gasteiger partial charge in [-0.2, -0.15) is 0 Å². The summed E-state index contributed by atoms with van der Waals surface area (Å²) in [7, 11) is 0. The Morgan fingerprint density at radius 2 is 1.93 bits per heavy atom. The second-order valence-electron chi connectivity index (χ2n) is 9.50. The zero-order valence-electron chi connectivity index (χ0n) is 16.2. The maximum absolute atomic E-state index is 13.0. The fourth-order valence-electron chi connectivity index (χ4n) is 5.50. The molecule has 1 saturated carbocycles. The number of hydrogen-bond acceptors (Lipinski definition) is 3. The molecule has 6 nitrogen and oxygen atoms in total. The molecule has 2 bridgehead atoms. The van der Waals surface area contributed by atoms with E-state index in [1.165, 1.54) is 0 Å². The predicted octanol–water partition coefficient (Wildman–Crippen LogP) is 2.55. The van der Waals surface area contributed by atoms with E-state index in [9.17, 15) is 14.4 Å². The van der Waals surface area contributed by atoms with Gasteiger partial charge in [-0.3, -0.25) is 14.4 Å². The monoisotopic (exact) mass is 369 g/mol. The van der Waals surface area contributed by atoms with Crippen LogP contribution in [-0.2, 0) is 9.59 Å². The first-order valence-corrected chi connectivity index (χ1v) is 9.66. The van der Waals surface area contributed by atoms with Crippen molar-refractivity contribution in [1.82, 2.24) is 10.2 Å². The van der Waals surface area contributed by atoms with Crippen molar-refractivity contribution < 1.29 is 14.4 Å². The highest BCUT2D eigenvalue weighted by Gasteiger charge is 2.51. The van der Waals surface area contributed by atoms with E-state index in [2.05, 4.69) is 31.4 Å². The van der Waals surface area contributed by atoms with E-state index in [0.29, 0.717) is 11.3 Å². The smallest absolute Gasteiger partial charge is 0.254 e. The molecule has 0 radical (unpaired) electrons. The van der Waals surface area contributed by atoms with Crippen molar-refractivity contribution in [3.05, 3.63) is 29.8 Å². The van der Waals surface area contributed by atoms with Gasteiger partial charge < -0.3 is 15.5 Å². The number of anilines is 1. The number of para-hydroxylation sites is 1. The summed E-state index contributed by atoms with van der Waals surface area (Å²) in [6.45, 7) is 7.52. The minimum absolute atomic E-state index is 0.00142.